The Kier molecular flexibility index (Phi) is 1.98. The third-order valence-corrected chi connectivity index (χ3v) is 3.72. The molecule has 0 amide bonds. The van der Waals surface area contributed by atoms with E-state index < -0.39 is 0 Å². The molecule has 5 heteroatoms. The molecular weight excluding hydrogens is 210 g/mol. The van der Waals surface area contributed by atoms with Gasteiger partial charge < -0.3 is 10.3 Å². The molecule has 1 aliphatic rings. The SMILES string of the molecule is Nc1ccsc1-c1nc(C2CCC2)no1. The van der Waals surface area contributed by atoms with Crippen molar-refractivity contribution in [2.24, 2.45) is 0 Å². The number of hydrogen-bond donors (Lipinski definition) is 1. The first-order chi connectivity index (χ1) is 7.34. The summed E-state index contributed by atoms with van der Waals surface area (Å²) in [5.74, 6) is 1.90. The van der Waals surface area contributed by atoms with E-state index >= 15 is 0 Å². The molecule has 78 valence electrons. The number of aromatic nitrogens is 2. The van der Waals surface area contributed by atoms with Crippen molar-refractivity contribution in [3.8, 4) is 10.8 Å². The van der Waals surface area contributed by atoms with Gasteiger partial charge in [-0.1, -0.05) is 11.6 Å². The second-order valence-corrected chi connectivity index (χ2v) is 4.71. The van der Waals surface area contributed by atoms with Gasteiger partial charge in [-0.3, -0.25) is 0 Å². The zero-order valence-electron chi connectivity index (χ0n) is 8.14. The second-order valence-electron chi connectivity index (χ2n) is 3.79. The molecule has 1 aliphatic carbocycles. The van der Waals surface area contributed by atoms with Crippen LogP contribution in [0, 0.1) is 0 Å². The van der Waals surface area contributed by atoms with Gasteiger partial charge in [0.2, 0.25) is 0 Å². The first kappa shape index (κ1) is 8.91. The second kappa shape index (κ2) is 3.34. The molecule has 1 fully saturated rings. The number of anilines is 1. The molecular formula is C10H11N3OS. The highest BCUT2D eigenvalue weighted by Crippen LogP contribution is 2.37. The highest BCUT2D eigenvalue weighted by atomic mass is 32.1. The van der Waals surface area contributed by atoms with Crippen molar-refractivity contribution in [3.05, 3.63) is 17.3 Å². The first-order valence-electron chi connectivity index (χ1n) is 5.01. The third-order valence-electron chi connectivity index (χ3n) is 2.80. The van der Waals surface area contributed by atoms with Crippen LogP contribution in [0.5, 0.6) is 0 Å². The fourth-order valence-corrected chi connectivity index (χ4v) is 2.39. The summed E-state index contributed by atoms with van der Waals surface area (Å²) >= 11 is 1.53. The Morgan fingerprint density at radius 2 is 2.33 bits per heavy atom. The molecule has 3 rings (SSSR count). The summed E-state index contributed by atoms with van der Waals surface area (Å²) in [5, 5.41) is 5.93. The highest BCUT2D eigenvalue weighted by Gasteiger charge is 2.25. The van der Waals surface area contributed by atoms with Gasteiger partial charge in [0.05, 0.1) is 5.69 Å². The van der Waals surface area contributed by atoms with Crippen LogP contribution < -0.4 is 5.73 Å². The summed E-state index contributed by atoms with van der Waals surface area (Å²) in [4.78, 5) is 5.27. The van der Waals surface area contributed by atoms with Gasteiger partial charge >= 0.3 is 0 Å². The summed E-state index contributed by atoms with van der Waals surface area (Å²) in [7, 11) is 0. The van der Waals surface area contributed by atoms with Gasteiger partial charge in [0, 0.05) is 5.92 Å². The molecule has 0 atom stereocenters. The van der Waals surface area contributed by atoms with Gasteiger partial charge in [-0.15, -0.1) is 11.3 Å². The number of rotatable bonds is 2. The van der Waals surface area contributed by atoms with Crippen LogP contribution in [0.2, 0.25) is 0 Å². The van der Waals surface area contributed by atoms with Crippen molar-refractivity contribution in [1.29, 1.82) is 0 Å². The van der Waals surface area contributed by atoms with E-state index in [4.69, 9.17) is 10.3 Å². The van der Waals surface area contributed by atoms with E-state index in [0.717, 1.165) is 10.7 Å². The van der Waals surface area contributed by atoms with Crippen LogP contribution in [0.15, 0.2) is 16.0 Å². The van der Waals surface area contributed by atoms with E-state index in [0.29, 0.717) is 17.5 Å². The lowest BCUT2D eigenvalue weighted by Gasteiger charge is -2.20. The van der Waals surface area contributed by atoms with Crippen molar-refractivity contribution >= 4 is 17.0 Å². The smallest absolute Gasteiger partial charge is 0.270 e. The average Bonchev–Trinajstić information content (AvgIpc) is 2.70. The van der Waals surface area contributed by atoms with Gasteiger partial charge in [-0.05, 0) is 24.3 Å². The molecule has 0 aliphatic heterocycles. The monoisotopic (exact) mass is 221 g/mol. The maximum absolute atomic E-state index is 5.79. The van der Waals surface area contributed by atoms with Crippen LogP contribution in [-0.2, 0) is 0 Å². The summed E-state index contributed by atoms with van der Waals surface area (Å²) < 4.78 is 5.22. The Morgan fingerprint density at radius 3 is 2.93 bits per heavy atom. The lowest BCUT2D eigenvalue weighted by molar-refractivity contribution is 0.366. The van der Waals surface area contributed by atoms with Crippen LogP contribution in [0.25, 0.3) is 10.8 Å². The Hall–Kier alpha value is -1.36. The van der Waals surface area contributed by atoms with Crippen LogP contribution >= 0.6 is 11.3 Å². The normalized spacial score (nSPS) is 16.5. The standard InChI is InChI=1S/C10H11N3OS/c11-7-4-5-15-8(7)10-12-9(13-14-10)6-2-1-3-6/h4-6H,1-3,11H2. The minimum atomic E-state index is 0.503. The molecule has 0 bridgehead atoms. The van der Waals surface area contributed by atoms with E-state index in [1.165, 1.54) is 30.6 Å². The number of nitrogen functional groups attached to an aromatic ring is 1. The number of nitrogens with zero attached hydrogens (tertiary/aromatic N) is 2. The molecule has 15 heavy (non-hydrogen) atoms. The quantitative estimate of drug-likeness (QED) is 0.846. The molecule has 0 spiro atoms. The van der Waals surface area contributed by atoms with E-state index in [1.54, 1.807) is 0 Å². The lowest BCUT2D eigenvalue weighted by Crippen LogP contribution is -2.10. The Bertz CT molecular complexity index is 472. The molecule has 2 aromatic heterocycles. The van der Waals surface area contributed by atoms with Crippen molar-refractivity contribution < 1.29 is 4.52 Å². The Morgan fingerprint density at radius 1 is 1.47 bits per heavy atom. The number of nitrogens with two attached hydrogens (primary N) is 1. The zero-order valence-corrected chi connectivity index (χ0v) is 8.96. The minimum absolute atomic E-state index is 0.503. The Labute approximate surface area is 91.1 Å². The minimum Gasteiger partial charge on any atom is -0.397 e. The maximum Gasteiger partial charge on any atom is 0.270 e. The van der Waals surface area contributed by atoms with Crippen molar-refractivity contribution in [2.75, 3.05) is 5.73 Å². The highest BCUT2D eigenvalue weighted by molar-refractivity contribution is 7.14. The van der Waals surface area contributed by atoms with Crippen molar-refractivity contribution in [3.63, 3.8) is 0 Å². The van der Waals surface area contributed by atoms with E-state index in [-0.39, 0.29) is 0 Å². The fourth-order valence-electron chi connectivity index (χ4n) is 1.65. The van der Waals surface area contributed by atoms with Crippen LogP contribution in [0.4, 0.5) is 5.69 Å². The van der Waals surface area contributed by atoms with Crippen molar-refractivity contribution in [1.82, 2.24) is 10.1 Å². The zero-order chi connectivity index (χ0) is 10.3. The molecule has 1 saturated carbocycles. The largest absolute Gasteiger partial charge is 0.397 e. The van der Waals surface area contributed by atoms with Crippen LogP contribution in [-0.4, -0.2) is 10.1 Å². The molecule has 2 N–H and O–H groups in total. The lowest BCUT2D eigenvalue weighted by atomic mass is 9.85. The molecule has 2 heterocycles. The van der Waals surface area contributed by atoms with Gasteiger partial charge in [-0.2, -0.15) is 4.98 Å². The van der Waals surface area contributed by atoms with E-state index in [1.807, 2.05) is 11.4 Å². The summed E-state index contributed by atoms with van der Waals surface area (Å²) in [6.07, 6.45) is 3.63. The third kappa shape index (κ3) is 1.43. The van der Waals surface area contributed by atoms with Crippen LogP contribution in [0.3, 0.4) is 0 Å². The molecule has 2 aromatic rings. The van der Waals surface area contributed by atoms with Gasteiger partial charge in [0.25, 0.3) is 5.89 Å². The molecule has 0 aromatic carbocycles. The summed E-state index contributed by atoms with van der Waals surface area (Å²) in [6, 6.07) is 1.85. The predicted octanol–water partition coefficient (Wildman–Crippen LogP) is 2.65. The number of hydrogen-bond acceptors (Lipinski definition) is 5. The molecule has 0 radical (unpaired) electrons. The molecule has 4 nitrogen and oxygen atoms in total. The predicted molar refractivity (Wildman–Crippen MR) is 58.6 cm³/mol. The molecule has 0 saturated heterocycles. The van der Waals surface area contributed by atoms with E-state index in [2.05, 4.69) is 10.1 Å². The van der Waals surface area contributed by atoms with Gasteiger partial charge in [0.1, 0.15) is 4.88 Å². The number of thiophene rings is 1. The topological polar surface area (TPSA) is 64.9 Å². The van der Waals surface area contributed by atoms with Crippen molar-refractivity contribution in [2.45, 2.75) is 25.2 Å². The Balaban J connectivity index is 1.93. The van der Waals surface area contributed by atoms with Gasteiger partial charge in [0.15, 0.2) is 5.82 Å². The molecule has 0 unspecified atom stereocenters. The summed E-state index contributed by atoms with van der Waals surface area (Å²) in [6.45, 7) is 0. The summed E-state index contributed by atoms with van der Waals surface area (Å²) in [5.41, 5.74) is 6.50. The first-order valence-corrected chi connectivity index (χ1v) is 5.89. The average molecular weight is 221 g/mol. The fraction of sp³-hybridized carbons (Fsp3) is 0.400. The van der Waals surface area contributed by atoms with E-state index in [9.17, 15) is 0 Å². The van der Waals surface area contributed by atoms with Crippen LogP contribution in [0.1, 0.15) is 31.0 Å². The maximum atomic E-state index is 5.79. The van der Waals surface area contributed by atoms with Gasteiger partial charge in [-0.25, -0.2) is 0 Å².